The van der Waals surface area contributed by atoms with Gasteiger partial charge in [0.25, 0.3) is 12.3 Å². The number of nitrogens with zero attached hydrogens (tertiary/aromatic N) is 6. The van der Waals surface area contributed by atoms with Crippen LogP contribution in [0.4, 0.5) is 24.7 Å². The molecule has 1 atom stereocenters. The van der Waals surface area contributed by atoms with Gasteiger partial charge in [-0.2, -0.15) is 5.10 Å². The number of hydrogen-bond donors (Lipinski definition) is 2. The first-order valence-electron chi connectivity index (χ1n) is 11.6. The standard InChI is InChI=1S/C25H21ClF3N7O2/c26-18-3-2-17(24(28)29)22(23(18)27)19-9-30-10-20(34-19)25(38)33-15-8-32-35(12-15)11-14-1-4-21(31-7-14)36-6-5-16(36)13-37/h1-4,7-10,12,16,24,37H,5-6,11,13H2,(H,33,38)/t16-/m1/s1. The van der Waals surface area contributed by atoms with E-state index in [0.29, 0.717) is 12.2 Å². The van der Waals surface area contributed by atoms with Gasteiger partial charge in [-0.05, 0) is 24.1 Å². The highest BCUT2D eigenvalue weighted by molar-refractivity contribution is 6.31. The van der Waals surface area contributed by atoms with Crippen molar-refractivity contribution >= 4 is 29.0 Å². The molecule has 196 valence electrons. The normalized spacial score (nSPS) is 15.0. The lowest BCUT2D eigenvalue weighted by atomic mass is 10.0. The SMILES string of the molecule is O=C(Nc1cnn(Cc2ccc(N3CC[C@@H]3CO)nc2)c1)c1cncc(-c2c(C(F)F)ccc(Cl)c2F)n1. The molecule has 0 aliphatic carbocycles. The molecule has 2 N–H and O–H groups in total. The van der Waals surface area contributed by atoms with Crippen molar-refractivity contribution < 1.29 is 23.1 Å². The molecule has 1 fully saturated rings. The number of benzene rings is 1. The van der Waals surface area contributed by atoms with Gasteiger partial charge in [0.2, 0.25) is 0 Å². The van der Waals surface area contributed by atoms with Gasteiger partial charge < -0.3 is 15.3 Å². The van der Waals surface area contributed by atoms with Crippen molar-refractivity contribution in [1.29, 1.82) is 0 Å². The number of anilines is 2. The van der Waals surface area contributed by atoms with E-state index in [-0.39, 0.29) is 29.1 Å². The minimum absolute atomic E-state index is 0.0926. The Kier molecular flexibility index (Phi) is 7.25. The fraction of sp³-hybridized carbons (Fsp3) is 0.240. The summed E-state index contributed by atoms with van der Waals surface area (Å²) in [6.07, 6.45) is 4.94. The molecule has 38 heavy (non-hydrogen) atoms. The summed E-state index contributed by atoms with van der Waals surface area (Å²) in [6.45, 7) is 1.34. The third-order valence-corrected chi connectivity index (χ3v) is 6.47. The first kappa shape index (κ1) is 25.6. The minimum Gasteiger partial charge on any atom is -0.394 e. The molecule has 0 unspecified atom stereocenters. The van der Waals surface area contributed by atoms with Gasteiger partial charge in [0.1, 0.15) is 11.5 Å². The maximum atomic E-state index is 14.6. The van der Waals surface area contributed by atoms with Crippen LogP contribution in [0.15, 0.2) is 55.2 Å². The van der Waals surface area contributed by atoms with E-state index >= 15 is 0 Å². The zero-order valence-electron chi connectivity index (χ0n) is 19.7. The van der Waals surface area contributed by atoms with E-state index in [2.05, 4.69) is 25.4 Å². The second-order valence-corrected chi connectivity index (χ2v) is 9.05. The molecule has 1 aromatic carbocycles. The van der Waals surface area contributed by atoms with Crippen LogP contribution in [-0.4, -0.2) is 54.9 Å². The summed E-state index contributed by atoms with van der Waals surface area (Å²) in [4.78, 5) is 27.2. The zero-order valence-corrected chi connectivity index (χ0v) is 20.5. The molecule has 0 spiro atoms. The van der Waals surface area contributed by atoms with Crippen molar-refractivity contribution in [2.45, 2.75) is 25.4 Å². The Morgan fingerprint density at radius 1 is 1.18 bits per heavy atom. The first-order chi connectivity index (χ1) is 18.3. The van der Waals surface area contributed by atoms with Crippen LogP contribution in [0.3, 0.4) is 0 Å². The number of carbonyl (C=O) groups excluding carboxylic acids is 1. The number of aliphatic hydroxyl groups excluding tert-OH is 1. The summed E-state index contributed by atoms with van der Waals surface area (Å²) in [5.41, 5.74) is -0.332. The van der Waals surface area contributed by atoms with Gasteiger partial charge in [0, 0.05) is 30.1 Å². The summed E-state index contributed by atoms with van der Waals surface area (Å²) >= 11 is 5.78. The molecule has 1 amide bonds. The molecule has 4 heterocycles. The molecule has 5 rings (SSSR count). The molecule has 9 nitrogen and oxygen atoms in total. The van der Waals surface area contributed by atoms with Crippen LogP contribution in [0.1, 0.15) is 34.5 Å². The fourth-order valence-electron chi connectivity index (χ4n) is 4.11. The van der Waals surface area contributed by atoms with E-state index in [9.17, 15) is 23.1 Å². The molecule has 1 aliphatic rings. The first-order valence-corrected chi connectivity index (χ1v) is 12.0. The van der Waals surface area contributed by atoms with Gasteiger partial charge >= 0.3 is 0 Å². The molecule has 0 bridgehead atoms. The second-order valence-electron chi connectivity index (χ2n) is 8.64. The molecule has 0 saturated carbocycles. The highest BCUT2D eigenvalue weighted by atomic mass is 35.5. The lowest BCUT2D eigenvalue weighted by Gasteiger charge is -2.40. The van der Waals surface area contributed by atoms with E-state index in [1.165, 1.54) is 6.20 Å². The Morgan fingerprint density at radius 2 is 2.03 bits per heavy atom. The molecule has 0 radical (unpaired) electrons. The lowest BCUT2D eigenvalue weighted by molar-refractivity contribution is 0.102. The third-order valence-electron chi connectivity index (χ3n) is 6.18. The van der Waals surface area contributed by atoms with E-state index < -0.39 is 29.3 Å². The van der Waals surface area contributed by atoms with Crippen LogP contribution in [0.5, 0.6) is 0 Å². The highest BCUT2D eigenvalue weighted by Gasteiger charge is 2.28. The van der Waals surface area contributed by atoms with Crippen molar-refractivity contribution in [2.75, 3.05) is 23.4 Å². The smallest absolute Gasteiger partial charge is 0.275 e. The van der Waals surface area contributed by atoms with E-state index in [1.54, 1.807) is 17.1 Å². The number of nitrogens with one attached hydrogen (secondary N) is 1. The molecular weight excluding hydrogens is 523 g/mol. The Hall–Kier alpha value is -4.03. The van der Waals surface area contributed by atoms with Crippen molar-refractivity contribution in [3.8, 4) is 11.3 Å². The second kappa shape index (κ2) is 10.8. The molecule has 1 saturated heterocycles. The van der Waals surface area contributed by atoms with Gasteiger partial charge in [0.15, 0.2) is 5.82 Å². The maximum absolute atomic E-state index is 14.6. The van der Waals surface area contributed by atoms with E-state index in [1.807, 2.05) is 17.0 Å². The van der Waals surface area contributed by atoms with Crippen LogP contribution in [-0.2, 0) is 6.54 Å². The summed E-state index contributed by atoms with van der Waals surface area (Å²) in [6, 6.07) is 5.95. The predicted molar refractivity (Wildman–Crippen MR) is 134 cm³/mol. The van der Waals surface area contributed by atoms with Gasteiger partial charge in [-0.15, -0.1) is 0 Å². The van der Waals surface area contributed by atoms with Crippen molar-refractivity contribution in [3.05, 3.63) is 82.9 Å². The molecule has 4 aromatic rings. The zero-order chi connectivity index (χ0) is 26.8. The molecular formula is C25H21ClF3N7O2. The van der Waals surface area contributed by atoms with E-state index in [0.717, 1.165) is 48.9 Å². The van der Waals surface area contributed by atoms with Crippen LogP contribution < -0.4 is 10.2 Å². The number of amides is 1. The number of carbonyl (C=O) groups is 1. The van der Waals surface area contributed by atoms with Crippen LogP contribution >= 0.6 is 11.6 Å². The molecule has 3 aromatic heterocycles. The Morgan fingerprint density at radius 3 is 2.71 bits per heavy atom. The maximum Gasteiger partial charge on any atom is 0.275 e. The number of alkyl halides is 2. The molecule has 13 heteroatoms. The average Bonchev–Trinajstić information content (AvgIpc) is 3.32. The summed E-state index contributed by atoms with van der Waals surface area (Å²) < 4.78 is 43.2. The lowest BCUT2D eigenvalue weighted by Crippen LogP contribution is -2.50. The summed E-state index contributed by atoms with van der Waals surface area (Å²) in [7, 11) is 0. The number of hydrogen-bond acceptors (Lipinski definition) is 7. The Labute approximate surface area is 219 Å². The Balaban J connectivity index is 1.27. The number of aliphatic hydroxyl groups is 1. The van der Waals surface area contributed by atoms with Crippen molar-refractivity contribution in [3.63, 3.8) is 0 Å². The van der Waals surface area contributed by atoms with Gasteiger partial charge in [-0.25, -0.2) is 23.1 Å². The van der Waals surface area contributed by atoms with Crippen molar-refractivity contribution in [1.82, 2.24) is 24.7 Å². The van der Waals surface area contributed by atoms with Gasteiger partial charge in [-0.3, -0.25) is 14.5 Å². The van der Waals surface area contributed by atoms with Gasteiger partial charge in [-0.1, -0.05) is 23.7 Å². The third kappa shape index (κ3) is 5.18. The largest absolute Gasteiger partial charge is 0.394 e. The monoisotopic (exact) mass is 543 g/mol. The van der Waals surface area contributed by atoms with Crippen LogP contribution in [0.2, 0.25) is 5.02 Å². The predicted octanol–water partition coefficient (Wildman–Crippen LogP) is 4.34. The fourth-order valence-corrected chi connectivity index (χ4v) is 4.27. The number of pyridine rings is 1. The quantitative estimate of drug-likeness (QED) is 0.340. The topological polar surface area (TPSA) is 109 Å². The van der Waals surface area contributed by atoms with Crippen molar-refractivity contribution in [2.24, 2.45) is 0 Å². The average molecular weight is 544 g/mol. The van der Waals surface area contributed by atoms with Crippen LogP contribution in [0.25, 0.3) is 11.3 Å². The molecule has 1 aliphatic heterocycles. The minimum atomic E-state index is -2.98. The Bertz CT molecular complexity index is 1460. The number of rotatable bonds is 8. The number of aromatic nitrogens is 5. The highest BCUT2D eigenvalue weighted by Crippen LogP contribution is 2.35. The van der Waals surface area contributed by atoms with Gasteiger partial charge in [0.05, 0.1) is 54.2 Å². The van der Waals surface area contributed by atoms with Crippen LogP contribution in [0, 0.1) is 5.82 Å². The van der Waals surface area contributed by atoms with E-state index in [4.69, 9.17) is 11.6 Å². The summed E-state index contributed by atoms with van der Waals surface area (Å²) in [5.74, 6) is -0.953. The summed E-state index contributed by atoms with van der Waals surface area (Å²) in [5, 5.41) is 15.9. The number of halogens is 4.